The van der Waals surface area contributed by atoms with Crippen molar-refractivity contribution in [2.24, 2.45) is 0 Å². The molecule has 0 spiro atoms. The fourth-order valence-electron chi connectivity index (χ4n) is 2.79. The summed E-state index contributed by atoms with van der Waals surface area (Å²) in [6.07, 6.45) is -5.65. The fraction of sp³-hybridized carbons (Fsp3) is 1.00. The first-order valence-electron chi connectivity index (χ1n) is 9.05. The molecule has 4 radical (unpaired) electrons. The van der Waals surface area contributed by atoms with Crippen LogP contribution in [0.4, 0.5) is 0 Å². The first-order chi connectivity index (χ1) is 13.3. The summed E-state index contributed by atoms with van der Waals surface area (Å²) in [6, 6.07) is -2.15. The molecule has 0 N–H and O–H groups in total. The van der Waals surface area contributed by atoms with Crippen molar-refractivity contribution in [3.63, 3.8) is 0 Å². The third-order valence-electron chi connectivity index (χ3n) is 3.84. The molecule has 2 aliphatic heterocycles. The number of hydrogen-bond donors (Lipinski definition) is 0. The predicted molar refractivity (Wildman–Crippen MR) is 97.1 cm³/mol. The molecule has 0 aromatic rings. The van der Waals surface area contributed by atoms with Crippen molar-refractivity contribution in [2.45, 2.75) is 76.3 Å². The number of rotatable bonds is 10. The number of ether oxygens (including phenoxy) is 3. The van der Waals surface area contributed by atoms with Crippen LogP contribution in [0.3, 0.4) is 0 Å². The summed E-state index contributed by atoms with van der Waals surface area (Å²) in [5, 5.41) is 0. The third kappa shape index (κ3) is 7.70. The van der Waals surface area contributed by atoms with E-state index in [0.717, 1.165) is 0 Å². The van der Waals surface area contributed by atoms with E-state index in [1.807, 2.05) is 0 Å². The highest BCUT2D eigenvalue weighted by Crippen LogP contribution is 2.48. The van der Waals surface area contributed by atoms with Gasteiger partial charge in [0.25, 0.3) is 15.6 Å². The second-order valence-electron chi connectivity index (χ2n) is 7.15. The summed E-state index contributed by atoms with van der Waals surface area (Å²) in [5.74, 6) is 0. The standard InChI is InChI=1S/C14H26B2O11P2/c1-7(2)23-11-9(5-21-13(11)15)25-29(19,20)27-12-10(6-22-14(12)16)26-28(17,18)24-8(3)4/h7-14H,5-6H2,1-4H3,(H,17,18)(H,19,20)/p-2/t9-,10-,11?,12?,13-,14-/m1/s1. The van der Waals surface area contributed by atoms with Gasteiger partial charge in [-0.25, -0.2) is 0 Å². The zero-order chi connectivity index (χ0) is 22.0. The van der Waals surface area contributed by atoms with Crippen molar-refractivity contribution in [1.29, 1.82) is 0 Å². The van der Waals surface area contributed by atoms with Gasteiger partial charge in [0.05, 0.1) is 25.4 Å². The van der Waals surface area contributed by atoms with Gasteiger partial charge in [-0.05, 0) is 27.7 Å². The Morgan fingerprint density at radius 2 is 1.31 bits per heavy atom. The van der Waals surface area contributed by atoms with Gasteiger partial charge in [-0.1, -0.05) is 0 Å². The van der Waals surface area contributed by atoms with E-state index in [1.165, 1.54) is 13.8 Å². The first-order valence-corrected chi connectivity index (χ1v) is 12.0. The molecule has 0 bridgehead atoms. The zero-order valence-corrected chi connectivity index (χ0v) is 18.4. The second kappa shape index (κ2) is 10.2. The lowest BCUT2D eigenvalue weighted by Gasteiger charge is -2.35. The maximum absolute atomic E-state index is 12.4. The lowest BCUT2D eigenvalue weighted by atomic mass is 9.93. The van der Waals surface area contributed by atoms with E-state index in [1.54, 1.807) is 13.8 Å². The van der Waals surface area contributed by atoms with Crippen molar-refractivity contribution in [2.75, 3.05) is 13.2 Å². The van der Waals surface area contributed by atoms with Crippen LogP contribution < -0.4 is 9.79 Å². The largest absolute Gasteiger partial charge is 0.756 e. The molecule has 2 rings (SSSR count). The van der Waals surface area contributed by atoms with Gasteiger partial charge in [0.15, 0.2) is 0 Å². The molecule has 11 nitrogen and oxygen atoms in total. The summed E-state index contributed by atoms with van der Waals surface area (Å²) >= 11 is 0. The maximum atomic E-state index is 12.4. The molecule has 0 aromatic carbocycles. The van der Waals surface area contributed by atoms with E-state index in [-0.39, 0.29) is 19.3 Å². The smallest absolute Gasteiger partial charge is 0.268 e. The normalized spacial score (nSPS) is 37.1. The maximum Gasteiger partial charge on any atom is 0.268 e. The van der Waals surface area contributed by atoms with Gasteiger partial charge in [0.1, 0.15) is 40.1 Å². The summed E-state index contributed by atoms with van der Waals surface area (Å²) in [5.41, 5.74) is 0. The molecule has 164 valence electrons. The van der Waals surface area contributed by atoms with Crippen molar-refractivity contribution >= 4 is 31.3 Å². The Labute approximate surface area is 172 Å². The molecule has 2 aliphatic rings. The van der Waals surface area contributed by atoms with Crippen LogP contribution in [0.15, 0.2) is 0 Å². The molecule has 2 heterocycles. The Bertz CT molecular complexity index is 637. The molecule has 0 amide bonds. The van der Waals surface area contributed by atoms with Gasteiger partial charge >= 0.3 is 0 Å². The van der Waals surface area contributed by atoms with Gasteiger partial charge in [-0.3, -0.25) is 9.13 Å². The second-order valence-corrected chi connectivity index (χ2v) is 9.78. The predicted octanol–water partition coefficient (Wildman–Crippen LogP) is -0.653. The van der Waals surface area contributed by atoms with Crippen LogP contribution >= 0.6 is 15.6 Å². The van der Waals surface area contributed by atoms with Gasteiger partial charge in [0, 0.05) is 12.0 Å². The van der Waals surface area contributed by atoms with Gasteiger partial charge < -0.3 is 42.1 Å². The Kier molecular flexibility index (Phi) is 8.99. The highest BCUT2D eigenvalue weighted by atomic mass is 31.2. The quantitative estimate of drug-likeness (QED) is 0.308. The van der Waals surface area contributed by atoms with Gasteiger partial charge in [-0.2, -0.15) is 0 Å². The third-order valence-corrected chi connectivity index (χ3v) is 6.07. The Hall–Kier alpha value is 0.230. The first kappa shape index (κ1) is 25.5. The van der Waals surface area contributed by atoms with Crippen molar-refractivity contribution in [3.05, 3.63) is 0 Å². The molecule has 15 heteroatoms. The van der Waals surface area contributed by atoms with Crippen LogP contribution in [0.5, 0.6) is 0 Å². The molecule has 2 fully saturated rings. The van der Waals surface area contributed by atoms with Crippen LogP contribution in [0.1, 0.15) is 27.7 Å². The summed E-state index contributed by atoms with van der Waals surface area (Å²) < 4.78 is 59.6. The van der Waals surface area contributed by atoms with Crippen molar-refractivity contribution in [3.8, 4) is 0 Å². The molecule has 0 aromatic heterocycles. The van der Waals surface area contributed by atoms with Crippen LogP contribution in [-0.4, -0.2) is 77.5 Å². The average molecular weight is 452 g/mol. The number of phosphoric ester groups is 2. The zero-order valence-electron chi connectivity index (χ0n) is 16.6. The molecule has 8 atom stereocenters. The van der Waals surface area contributed by atoms with Crippen LogP contribution in [0.25, 0.3) is 0 Å². The van der Waals surface area contributed by atoms with Crippen LogP contribution in [0, 0.1) is 0 Å². The molecule has 0 aliphatic carbocycles. The average Bonchev–Trinajstić information content (AvgIpc) is 3.03. The van der Waals surface area contributed by atoms with Crippen molar-refractivity contribution in [1.82, 2.24) is 0 Å². The molecular weight excluding hydrogens is 428 g/mol. The minimum Gasteiger partial charge on any atom is -0.756 e. The van der Waals surface area contributed by atoms with E-state index in [9.17, 15) is 18.9 Å². The number of hydrogen-bond acceptors (Lipinski definition) is 11. The summed E-state index contributed by atoms with van der Waals surface area (Å²) in [6.45, 7) is 6.00. The minimum atomic E-state index is -5.00. The number of phosphoric acid groups is 2. The van der Waals surface area contributed by atoms with Crippen molar-refractivity contribution < 1.29 is 51.2 Å². The molecule has 0 saturated carbocycles. The Morgan fingerprint density at radius 3 is 1.83 bits per heavy atom. The van der Waals surface area contributed by atoms with E-state index < -0.39 is 58.2 Å². The minimum absolute atomic E-state index is 0.140. The van der Waals surface area contributed by atoms with E-state index in [4.69, 9.17) is 43.5 Å². The van der Waals surface area contributed by atoms with Gasteiger partial charge in [0.2, 0.25) is 0 Å². The lowest BCUT2D eigenvalue weighted by molar-refractivity contribution is -0.246. The van der Waals surface area contributed by atoms with E-state index >= 15 is 0 Å². The highest BCUT2D eigenvalue weighted by Gasteiger charge is 2.43. The summed E-state index contributed by atoms with van der Waals surface area (Å²) in [4.78, 5) is 24.3. The molecule has 2 saturated heterocycles. The monoisotopic (exact) mass is 452 g/mol. The van der Waals surface area contributed by atoms with Crippen LogP contribution in [-0.2, 0) is 41.4 Å². The van der Waals surface area contributed by atoms with Gasteiger partial charge in [-0.15, -0.1) is 0 Å². The molecule has 29 heavy (non-hydrogen) atoms. The SMILES string of the molecule is [B][C@@H]1OC[C@@H](OP(=O)([O-])OC(C)C)C1OP(=O)([O-])O[C@@H]1CO[C@@H]([B])C1OC(C)C. The Balaban J connectivity index is 2.03. The molecule has 4 unspecified atom stereocenters. The highest BCUT2D eigenvalue weighted by molar-refractivity contribution is 7.46. The fourth-order valence-corrected chi connectivity index (χ4v) is 4.99. The topological polar surface area (TPSA) is 145 Å². The lowest BCUT2D eigenvalue weighted by Crippen LogP contribution is -2.40. The Morgan fingerprint density at radius 1 is 0.828 bits per heavy atom. The van der Waals surface area contributed by atoms with Crippen LogP contribution in [0.2, 0.25) is 0 Å². The summed E-state index contributed by atoms with van der Waals surface area (Å²) in [7, 11) is 1.68. The van der Waals surface area contributed by atoms with E-state index in [0.29, 0.717) is 0 Å². The molecular formula is C14H24B2O11P2-2. The van der Waals surface area contributed by atoms with E-state index in [2.05, 4.69) is 4.52 Å².